The zero-order valence-corrected chi connectivity index (χ0v) is 18.3. The normalized spacial score (nSPS) is 11.9. The molecule has 0 saturated heterocycles. The maximum Gasteiger partial charge on any atom is 0.414 e. The Bertz CT molecular complexity index is 1250. The highest BCUT2D eigenvalue weighted by Gasteiger charge is 2.19. The first-order valence-corrected chi connectivity index (χ1v) is 10.6. The zero-order chi connectivity index (χ0) is 23.4. The molecule has 1 heterocycles. The lowest BCUT2D eigenvalue weighted by atomic mass is 9.98. The first-order valence-electron chi connectivity index (χ1n) is 9.42. The van der Waals surface area contributed by atoms with Crippen LogP contribution in [0, 0.1) is 5.82 Å². The molecule has 3 aromatic rings. The average Bonchev–Trinajstić information content (AvgIpc) is 2.76. The first-order chi connectivity index (χ1) is 15.2. The van der Waals surface area contributed by atoms with E-state index in [1.807, 2.05) is 0 Å². The SMILES string of the molecule is CNS(=O)Nc1cccc(Cc2c(CF)c3ccc(OC(=O)N(C)C)cc3oc2=O)c1F. The van der Waals surface area contributed by atoms with Crippen LogP contribution in [-0.4, -0.2) is 36.3 Å². The van der Waals surface area contributed by atoms with Gasteiger partial charge >= 0.3 is 11.7 Å². The number of carbonyl (C=O) groups excluding carboxylic acids is 1. The van der Waals surface area contributed by atoms with Gasteiger partial charge in [0.2, 0.25) is 0 Å². The molecule has 11 heteroatoms. The van der Waals surface area contributed by atoms with E-state index in [-0.39, 0.29) is 40.1 Å². The molecule has 32 heavy (non-hydrogen) atoms. The van der Waals surface area contributed by atoms with Crippen LogP contribution in [0.1, 0.15) is 16.7 Å². The second kappa shape index (κ2) is 9.88. The fourth-order valence-corrected chi connectivity index (χ4v) is 3.47. The lowest BCUT2D eigenvalue weighted by molar-refractivity contribution is 0.172. The van der Waals surface area contributed by atoms with Gasteiger partial charge in [0.15, 0.2) is 17.0 Å². The Morgan fingerprint density at radius 3 is 2.62 bits per heavy atom. The lowest BCUT2D eigenvalue weighted by Gasteiger charge is -2.13. The number of ether oxygens (including phenoxy) is 1. The van der Waals surface area contributed by atoms with Gasteiger partial charge in [0.05, 0.1) is 5.69 Å². The molecule has 0 aliphatic rings. The number of amides is 1. The summed E-state index contributed by atoms with van der Waals surface area (Å²) in [7, 11) is 4.46. The van der Waals surface area contributed by atoms with Gasteiger partial charge in [-0.25, -0.2) is 27.3 Å². The number of nitrogens with one attached hydrogen (secondary N) is 2. The molecule has 170 valence electrons. The molecule has 1 aromatic heterocycles. The third kappa shape index (κ3) is 4.94. The quantitative estimate of drug-likeness (QED) is 0.522. The topological polar surface area (TPSA) is 101 Å². The molecule has 1 amide bonds. The molecule has 0 bridgehead atoms. The standard InChI is InChI=1S/C21H21F2N3O5S/c1-24-32(29)25-17-6-4-5-12(19(17)23)9-15-16(11-22)14-8-7-13(30-21(28)26(2)3)10-18(14)31-20(15)27/h4-8,10,24-25H,9,11H2,1-3H3. The van der Waals surface area contributed by atoms with Gasteiger partial charge in [0.25, 0.3) is 0 Å². The van der Waals surface area contributed by atoms with Crippen LogP contribution in [0.2, 0.25) is 0 Å². The van der Waals surface area contributed by atoms with Crippen LogP contribution >= 0.6 is 0 Å². The molecule has 1 unspecified atom stereocenters. The van der Waals surface area contributed by atoms with Crippen LogP contribution in [0.5, 0.6) is 5.75 Å². The van der Waals surface area contributed by atoms with E-state index in [2.05, 4.69) is 9.44 Å². The molecule has 2 aromatic carbocycles. The van der Waals surface area contributed by atoms with E-state index in [1.54, 1.807) is 0 Å². The minimum Gasteiger partial charge on any atom is -0.422 e. The van der Waals surface area contributed by atoms with Gasteiger partial charge in [-0.05, 0) is 30.8 Å². The first kappa shape index (κ1) is 23.4. The summed E-state index contributed by atoms with van der Waals surface area (Å²) in [5.41, 5.74) is -0.716. The van der Waals surface area contributed by atoms with E-state index in [4.69, 9.17) is 9.15 Å². The highest BCUT2D eigenvalue weighted by atomic mass is 32.2. The van der Waals surface area contributed by atoms with Gasteiger partial charge in [-0.3, -0.25) is 4.72 Å². The van der Waals surface area contributed by atoms with Crippen molar-refractivity contribution in [2.75, 3.05) is 25.9 Å². The molecule has 0 saturated carbocycles. The van der Waals surface area contributed by atoms with Crippen molar-refractivity contribution >= 4 is 33.9 Å². The molecular formula is C21H21F2N3O5S. The smallest absolute Gasteiger partial charge is 0.414 e. The number of hydrogen-bond donors (Lipinski definition) is 2. The highest BCUT2D eigenvalue weighted by Crippen LogP contribution is 2.28. The van der Waals surface area contributed by atoms with E-state index in [9.17, 15) is 22.6 Å². The maximum absolute atomic E-state index is 14.9. The van der Waals surface area contributed by atoms with Gasteiger partial charge in [-0.1, -0.05) is 12.1 Å². The van der Waals surface area contributed by atoms with Gasteiger partial charge in [0, 0.05) is 43.1 Å². The molecule has 0 spiro atoms. The van der Waals surface area contributed by atoms with Gasteiger partial charge in [-0.2, -0.15) is 0 Å². The molecule has 1 atom stereocenters. The molecule has 2 N–H and O–H groups in total. The summed E-state index contributed by atoms with van der Waals surface area (Å²) < 4.78 is 55.8. The Labute approximate surface area is 184 Å². The maximum atomic E-state index is 14.9. The van der Waals surface area contributed by atoms with Crippen LogP contribution in [-0.2, 0) is 24.3 Å². The van der Waals surface area contributed by atoms with E-state index in [0.717, 1.165) is 0 Å². The number of benzene rings is 2. The molecule has 0 aliphatic carbocycles. The molecule has 0 aliphatic heterocycles. The predicted octanol–water partition coefficient (Wildman–Crippen LogP) is 3.26. The number of hydrogen-bond acceptors (Lipinski definition) is 5. The summed E-state index contributed by atoms with van der Waals surface area (Å²) in [5.74, 6) is -0.592. The Morgan fingerprint density at radius 2 is 1.97 bits per heavy atom. The number of nitrogens with zero attached hydrogens (tertiary/aromatic N) is 1. The lowest BCUT2D eigenvalue weighted by Crippen LogP contribution is -2.25. The summed E-state index contributed by atoms with van der Waals surface area (Å²) in [5, 5.41) is 0.303. The Balaban J connectivity index is 2.02. The van der Waals surface area contributed by atoms with Crippen LogP contribution in [0.3, 0.4) is 0 Å². The van der Waals surface area contributed by atoms with E-state index >= 15 is 0 Å². The van der Waals surface area contributed by atoms with Crippen LogP contribution in [0.15, 0.2) is 45.6 Å². The Kier molecular flexibility index (Phi) is 7.21. The van der Waals surface area contributed by atoms with Crippen molar-refractivity contribution in [2.45, 2.75) is 13.1 Å². The van der Waals surface area contributed by atoms with Crippen molar-refractivity contribution in [3.8, 4) is 5.75 Å². The average molecular weight is 465 g/mol. The van der Waals surface area contributed by atoms with Crippen LogP contribution in [0.4, 0.5) is 19.3 Å². The van der Waals surface area contributed by atoms with Crippen molar-refractivity contribution in [1.82, 2.24) is 9.62 Å². The van der Waals surface area contributed by atoms with Crippen molar-refractivity contribution in [3.63, 3.8) is 0 Å². The van der Waals surface area contributed by atoms with Crippen molar-refractivity contribution in [1.29, 1.82) is 0 Å². The molecule has 0 fully saturated rings. The summed E-state index contributed by atoms with van der Waals surface area (Å²) in [4.78, 5) is 25.6. The minimum absolute atomic E-state index is 0.0329. The minimum atomic E-state index is -1.70. The monoisotopic (exact) mass is 465 g/mol. The van der Waals surface area contributed by atoms with Crippen LogP contribution < -0.4 is 19.8 Å². The predicted molar refractivity (Wildman–Crippen MR) is 117 cm³/mol. The van der Waals surface area contributed by atoms with Gasteiger partial charge in [0.1, 0.15) is 18.0 Å². The third-order valence-electron chi connectivity index (χ3n) is 4.63. The second-order valence-electron chi connectivity index (χ2n) is 6.93. The molecule has 0 radical (unpaired) electrons. The number of halogens is 2. The highest BCUT2D eigenvalue weighted by molar-refractivity contribution is 7.84. The van der Waals surface area contributed by atoms with Crippen molar-refractivity contribution in [2.24, 2.45) is 0 Å². The number of alkyl halides is 1. The summed E-state index contributed by atoms with van der Waals surface area (Å²) in [6.45, 7) is -0.988. The second-order valence-corrected chi connectivity index (χ2v) is 8.08. The van der Waals surface area contributed by atoms with E-state index in [0.29, 0.717) is 5.39 Å². The number of fused-ring (bicyclic) bond motifs is 1. The zero-order valence-electron chi connectivity index (χ0n) is 17.5. The fraction of sp³-hybridized carbons (Fsp3) is 0.238. The summed E-state index contributed by atoms with van der Waals surface area (Å²) in [6.07, 6.45) is -0.861. The van der Waals surface area contributed by atoms with E-state index < -0.39 is 35.4 Å². The van der Waals surface area contributed by atoms with Crippen molar-refractivity contribution < 1.29 is 26.9 Å². The van der Waals surface area contributed by atoms with E-state index in [1.165, 1.54) is 62.4 Å². The van der Waals surface area contributed by atoms with Gasteiger partial charge in [-0.15, -0.1) is 0 Å². The molecule has 8 nitrogen and oxygen atoms in total. The van der Waals surface area contributed by atoms with Gasteiger partial charge < -0.3 is 14.1 Å². The summed E-state index contributed by atoms with van der Waals surface area (Å²) in [6, 6.07) is 8.60. The Morgan fingerprint density at radius 1 is 1.22 bits per heavy atom. The largest absolute Gasteiger partial charge is 0.422 e. The van der Waals surface area contributed by atoms with Crippen molar-refractivity contribution in [3.05, 3.63) is 69.3 Å². The number of rotatable bonds is 7. The number of anilines is 1. The molecular weight excluding hydrogens is 444 g/mol. The Hall–Kier alpha value is -3.31. The summed E-state index contributed by atoms with van der Waals surface area (Å²) >= 11 is -1.70. The fourth-order valence-electron chi connectivity index (χ4n) is 3.01. The third-order valence-corrected chi connectivity index (χ3v) is 5.41. The van der Waals surface area contributed by atoms with Crippen LogP contribution in [0.25, 0.3) is 11.0 Å². The molecule has 3 rings (SSSR count). The number of carbonyl (C=O) groups is 1.